The van der Waals surface area contributed by atoms with Crippen molar-refractivity contribution in [2.75, 3.05) is 18.1 Å². The Labute approximate surface area is 242 Å². The van der Waals surface area contributed by atoms with E-state index in [2.05, 4.69) is 11.9 Å². The van der Waals surface area contributed by atoms with Gasteiger partial charge in [0.1, 0.15) is 17.9 Å². The molecule has 3 aromatic rings. The van der Waals surface area contributed by atoms with E-state index >= 15 is 0 Å². The van der Waals surface area contributed by atoms with E-state index in [1.807, 2.05) is 6.92 Å². The average molecular weight is 572 g/mol. The molecule has 1 aliphatic heterocycles. The Morgan fingerprint density at radius 3 is 2.26 bits per heavy atom. The number of carbonyl (C=O) groups excluding carboxylic acids is 3. The molecule has 1 fully saturated rings. The lowest BCUT2D eigenvalue weighted by atomic mass is 10.0. The summed E-state index contributed by atoms with van der Waals surface area (Å²) >= 11 is 0. The summed E-state index contributed by atoms with van der Waals surface area (Å²) in [7, 11) is 0. The van der Waals surface area contributed by atoms with Crippen LogP contribution in [0.4, 0.5) is 16.2 Å². The molecule has 216 valence electrons. The molecule has 1 N–H and O–H groups in total. The van der Waals surface area contributed by atoms with Crippen LogP contribution < -0.4 is 24.4 Å². The largest absolute Gasteiger partial charge is 0.494 e. The van der Waals surface area contributed by atoms with E-state index < -0.39 is 22.8 Å². The number of benzene rings is 3. The average Bonchev–Trinajstić information content (AvgIpc) is 2.96. The highest BCUT2D eigenvalue weighted by molar-refractivity contribution is 6.39. The fraction of sp³-hybridized carbons (Fsp3) is 0.194. The second-order valence-electron chi connectivity index (χ2n) is 9.03. The fourth-order valence-corrected chi connectivity index (χ4v) is 4.29. The molecule has 0 aromatic heterocycles. The van der Waals surface area contributed by atoms with Gasteiger partial charge in [-0.25, -0.2) is 9.69 Å². The summed E-state index contributed by atoms with van der Waals surface area (Å²) in [6.45, 7) is 8.33. The van der Waals surface area contributed by atoms with E-state index in [9.17, 15) is 24.5 Å². The van der Waals surface area contributed by atoms with Crippen LogP contribution in [0, 0.1) is 10.1 Å². The van der Waals surface area contributed by atoms with Crippen molar-refractivity contribution in [3.8, 4) is 17.2 Å². The molecule has 0 spiro atoms. The first-order valence-corrected chi connectivity index (χ1v) is 13.2. The molecular formula is C31H29N3O8. The molecule has 4 rings (SSSR count). The Balaban J connectivity index is 1.67. The standard InChI is InChI=1S/C31H29N3O8/c1-4-7-22-16-21(18-27(41-6-3)28(22)42-19-20-8-10-24(11-9-20)34(38)39)17-26-29(35)32-31(37)33(30(26)36)23-12-14-25(15-13-23)40-5-2/h4,8-18H,1,5-7,19H2,2-3H3,(H,32,35,37)/b26-17+. The number of urea groups is 1. The molecule has 0 saturated carbocycles. The number of barbiturate groups is 1. The zero-order chi connectivity index (χ0) is 30.2. The number of amides is 4. The first-order valence-electron chi connectivity index (χ1n) is 13.2. The zero-order valence-electron chi connectivity index (χ0n) is 23.1. The maximum Gasteiger partial charge on any atom is 0.335 e. The third-order valence-corrected chi connectivity index (χ3v) is 6.17. The number of non-ortho nitro benzene ring substituents is 1. The number of nitro groups is 1. The molecule has 0 atom stereocenters. The number of hydrogen-bond acceptors (Lipinski definition) is 8. The van der Waals surface area contributed by atoms with Crippen molar-refractivity contribution >= 4 is 35.3 Å². The number of allylic oxidation sites excluding steroid dienone is 1. The van der Waals surface area contributed by atoms with Gasteiger partial charge >= 0.3 is 6.03 Å². The highest BCUT2D eigenvalue weighted by Crippen LogP contribution is 2.36. The van der Waals surface area contributed by atoms with Gasteiger partial charge in [0, 0.05) is 17.7 Å². The Bertz CT molecular complexity index is 1550. The maximum absolute atomic E-state index is 13.4. The van der Waals surface area contributed by atoms with Crippen molar-refractivity contribution in [2.45, 2.75) is 26.9 Å². The Hall–Kier alpha value is -5.45. The minimum atomic E-state index is -0.858. The van der Waals surface area contributed by atoms with Crippen LogP contribution in [0.15, 0.2) is 78.9 Å². The van der Waals surface area contributed by atoms with Crippen LogP contribution in [0.25, 0.3) is 6.08 Å². The van der Waals surface area contributed by atoms with Gasteiger partial charge < -0.3 is 14.2 Å². The van der Waals surface area contributed by atoms with Gasteiger partial charge in [0.2, 0.25) is 0 Å². The third-order valence-electron chi connectivity index (χ3n) is 6.17. The number of carbonyl (C=O) groups is 3. The smallest absolute Gasteiger partial charge is 0.335 e. The normalized spacial score (nSPS) is 14.0. The summed E-state index contributed by atoms with van der Waals surface area (Å²) in [5, 5.41) is 13.2. The van der Waals surface area contributed by atoms with Crippen LogP contribution in [0.2, 0.25) is 0 Å². The number of nitro benzene ring substituents is 1. The highest BCUT2D eigenvalue weighted by Gasteiger charge is 2.37. The minimum Gasteiger partial charge on any atom is -0.494 e. The van der Waals surface area contributed by atoms with Crippen LogP contribution in [0.5, 0.6) is 17.2 Å². The molecule has 0 bridgehead atoms. The van der Waals surface area contributed by atoms with E-state index in [4.69, 9.17) is 14.2 Å². The topological polar surface area (TPSA) is 137 Å². The fourth-order valence-electron chi connectivity index (χ4n) is 4.29. The predicted octanol–water partition coefficient (Wildman–Crippen LogP) is 5.37. The van der Waals surface area contributed by atoms with Crippen LogP contribution in [-0.2, 0) is 22.6 Å². The highest BCUT2D eigenvalue weighted by atomic mass is 16.6. The number of nitrogens with zero attached hydrogens (tertiary/aromatic N) is 2. The number of nitrogens with one attached hydrogen (secondary N) is 1. The van der Waals surface area contributed by atoms with E-state index in [1.165, 1.54) is 18.2 Å². The molecule has 11 nitrogen and oxygen atoms in total. The Morgan fingerprint density at radius 2 is 1.64 bits per heavy atom. The molecular weight excluding hydrogens is 542 g/mol. The van der Waals surface area contributed by atoms with Crippen molar-refractivity contribution in [3.05, 3.63) is 106 Å². The molecule has 0 aliphatic carbocycles. The van der Waals surface area contributed by atoms with Gasteiger partial charge in [-0.15, -0.1) is 6.58 Å². The maximum atomic E-state index is 13.4. The van der Waals surface area contributed by atoms with Crippen molar-refractivity contribution in [1.82, 2.24) is 5.32 Å². The number of ether oxygens (including phenoxy) is 3. The summed E-state index contributed by atoms with van der Waals surface area (Å²) in [4.78, 5) is 50.2. The van der Waals surface area contributed by atoms with Crippen LogP contribution in [-0.4, -0.2) is 36.0 Å². The summed E-state index contributed by atoms with van der Waals surface area (Å²) in [5.74, 6) is -0.229. The molecule has 4 amide bonds. The molecule has 3 aromatic carbocycles. The molecule has 42 heavy (non-hydrogen) atoms. The molecule has 1 aliphatic rings. The zero-order valence-corrected chi connectivity index (χ0v) is 23.1. The van der Waals surface area contributed by atoms with Crippen LogP contribution in [0.1, 0.15) is 30.5 Å². The first kappa shape index (κ1) is 29.5. The van der Waals surface area contributed by atoms with Gasteiger partial charge in [-0.05, 0) is 86.0 Å². The number of hydrogen-bond donors (Lipinski definition) is 1. The van der Waals surface area contributed by atoms with E-state index in [0.29, 0.717) is 53.6 Å². The van der Waals surface area contributed by atoms with Gasteiger partial charge in [0.15, 0.2) is 11.5 Å². The number of anilines is 1. The lowest BCUT2D eigenvalue weighted by Gasteiger charge is -2.26. The van der Waals surface area contributed by atoms with Crippen molar-refractivity contribution in [1.29, 1.82) is 0 Å². The first-order chi connectivity index (χ1) is 20.2. The lowest BCUT2D eigenvalue weighted by molar-refractivity contribution is -0.384. The second kappa shape index (κ2) is 13.3. The van der Waals surface area contributed by atoms with Crippen molar-refractivity contribution < 1.29 is 33.5 Å². The summed E-state index contributed by atoms with van der Waals surface area (Å²) in [5.41, 5.74) is 1.86. The van der Waals surface area contributed by atoms with Crippen molar-refractivity contribution in [2.24, 2.45) is 0 Å². The van der Waals surface area contributed by atoms with Crippen LogP contribution >= 0.6 is 0 Å². The number of rotatable bonds is 12. The SMILES string of the molecule is C=CCc1cc(/C=C2\C(=O)NC(=O)N(c3ccc(OCC)cc3)C2=O)cc(OCC)c1OCc1ccc([N+](=O)[O-])cc1. The molecule has 1 saturated heterocycles. The number of imide groups is 2. The van der Waals surface area contributed by atoms with Crippen molar-refractivity contribution in [3.63, 3.8) is 0 Å². The van der Waals surface area contributed by atoms with E-state index in [0.717, 1.165) is 4.90 Å². The summed E-state index contributed by atoms with van der Waals surface area (Å²) in [6, 6.07) is 14.9. The summed E-state index contributed by atoms with van der Waals surface area (Å²) in [6.07, 6.45) is 3.44. The quantitative estimate of drug-likeness (QED) is 0.101. The van der Waals surface area contributed by atoms with Gasteiger partial charge in [-0.1, -0.05) is 6.08 Å². The molecule has 0 radical (unpaired) electrons. The van der Waals surface area contributed by atoms with Gasteiger partial charge in [0.05, 0.1) is 23.8 Å². The van der Waals surface area contributed by atoms with Gasteiger partial charge in [-0.3, -0.25) is 25.0 Å². The third kappa shape index (κ3) is 6.64. The Morgan fingerprint density at radius 1 is 0.952 bits per heavy atom. The van der Waals surface area contributed by atoms with Gasteiger partial charge in [0.25, 0.3) is 17.5 Å². The monoisotopic (exact) mass is 571 g/mol. The minimum absolute atomic E-state index is 0.0254. The van der Waals surface area contributed by atoms with Gasteiger partial charge in [-0.2, -0.15) is 0 Å². The second-order valence-corrected chi connectivity index (χ2v) is 9.03. The molecule has 1 heterocycles. The predicted molar refractivity (Wildman–Crippen MR) is 156 cm³/mol. The van der Waals surface area contributed by atoms with E-state index in [-0.39, 0.29) is 23.6 Å². The van der Waals surface area contributed by atoms with E-state index in [1.54, 1.807) is 61.5 Å². The Kier molecular flexibility index (Phi) is 9.33. The molecule has 0 unspecified atom stereocenters. The molecule has 11 heteroatoms. The lowest BCUT2D eigenvalue weighted by Crippen LogP contribution is -2.54. The van der Waals surface area contributed by atoms with Crippen LogP contribution in [0.3, 0.4) is 0 Å². The summed E-state index contributed by atoms with van der Waals surface area (Å²) < 4.78 is 17.4.